The van der Waals surface area contributed by atoms with E-state index in [0.717, 1.165) is 25.3 Å². The third kappa shape index (κ3) is 5.43. The summed E-state index contributed by atoms with van der Waals surface area (Å²) in [5.41, 5.74) is 2.19. The van der Waals surface area contributed by atoms with Crippen LogP contribution in [0.3, 0.4) is 0 Å². The van der Waals surface area contributed by atoms with Crippen LogP contribution < -0.4 is 10.2 Å². The predicted molar refractivity (Wildman–Crippen MR) is 81.6 cm³/mol. The van der Waals surface area contributed by atoms with Gasteiger partial charge in [0.2, 0.25) is 5.91 Å². The SMILES string of the molecule is CCCCNCCC(=O)N(CC)c1cccc(C)c1. The van der Waals surface area contributed by atoms with Crippen LogP contribution in [-0.4, -0.2) is 25.5 Å². The summed E-state index contributed by atoms with van der Waals surface area (Å²) in [4.78, 5) is 14.1. The molecule has 1 N–H and O–H groups in total. The highest BCUT2D eigenvalue weighted by atomic mass is 16.2. The minimum Gasteiger partial charge on any atom is -0.316 e. The standard InChI is InChI=1S/C16H26N2O/c1-4-6-11-17-12-10-16(19)18(5-2)15-9-7-8-14(3)13-15/h7-9,13,17H,4-6,10-12H2,1-3H3. The van der Waals surface area contributed by atoms with Crippen LogP contribution in [0, 0.1) is 6.92 Å². The molecule has 0 bridgehead atoms. The minimum atomic E-state index is 0.192. The number of benzene rings is 1. The Balaban J connectivity index is 2.48. The minimum absolute atomic E-state index is 0.192. The molecule has 106 valence electrons. The quantitative estimate of drug-likeness (QED) is 0.730. The first-order chi connectivity index (χ1) is 9.19. The van der Waals surface area contributed by atoms with Crippen molar-refractivity contribution in [3.63, 3.8) is 0 Å². The predicted octanol–water partition coefficient (Wildman–Crippen LogP) is 3.13. The van der Waals surface area contributed by atoms with Crippen molar-refractivity contribution in [2.24, 2.45) is 0 Å². The van der Waals surface area contributed by atoms with Gasteiger partial charge in [0, 0.05) is 25.2 Å². The van der Waals surface area contributed by atoms with E-state index in [0.29, 0.717) is 6.42 Å². The van der Waals surface area contributed by atoms with Crippen molar-refractivity contribution in [1.82, 2.24) is 5.32 Å². The van der Waals surface area contributed by atoms with Crippen molar-refractivity contribution in [2.45, 2.75) is 40.0 Å². The number of anilines is 1. The van der Waals surface area contributed by atoms with Gasteiger partial charge >= 0.3 is 0 Å². The van der Waals surface area contributed by atoms with Crippen LogP contribution in [-0.2, 0) is 4.79 Å². The Morgan fingerprint density at radius 1 is 1.26 bits per heavy atom. The van der Waals surface area contributed by atoms with Crippen molar-refractivity contribution in [1.29, 1.82) is 0 Å². The third-order valence-electron chi connectivity index (χ3n) is 3.15. The van der Waals surface area contributed by atoms with Gasteiger partial charge in [-0.1, -0.05) is 25.5 Å². The van der Waals surface area contributed by atoms with E-state index in [1.54, 1.807) is 0 Å². The topological polar surface area (TPSA) is 32.3 Å². The van der Waals surface area contributed by atoms with Gasteiger partial charge in [-0.05, 0) is 44.5 Å². The number of unbranched alkanes of at least 4 members (excludes halogenated alkanes) is 1. The van der Waals surface area contributed by atoms with Crippen molar-refractivity contribution >= 4 is 11.6 Å². The smallest absolute Gasteiger partial charge is 0.228 e. The molecule has 0 aromatic heterocycles. The highest BCUT2D eigenvalue weighted by Gasteiger charge is 2.13. The molecule has 19 heavy (non-hydrogen) atoms. The molecule has 3 heteroatoms. The summed E-state index contributed by atoms with van der Waals surface area (Å²) in [5, 5.41) is 3.31. The van der Waals surface area contributed by atoms with Gasteiger partial charge in [0.1, 0.15) is 0 Å². The highest BCUT2D eigenvalue weighted by molar-refractivity contribution is 5.93. The van der Waals surface area contributed by atoms with E-state index in [-0.39, 0.29) is 5.91 Å². The fourth-order valence-electron chi connectivity index (χ4n) is 2.06. The first-order valence-electron chi connectivity index (χ1n) is 7.26. The van der Waals surface area contributed by atoms with Crippen LogP contribution in [0.5, 0.6) is 0 Å². The number of nitrogens with one attached hydrogen (secondary N) is 1. The number of carbonyl (C=O) groups excluding carboxylic acids is 1. The van der Waals surface area contributed by atoms with Crippen molar-refractivity contribution in [3.05, 3.63) is 29.8 Å². The lowest BCUT2D eigenvalue weighted by molar-refractivity contribution is -0.118. The molecule has 1 rings (SSSR count). The maximum atomic E-state index is 12.2. The Morgan fingerprint density at radius 2 is 2.05 bits per heavy atom. The lowest BCUT2D eigenvalue weighted by Gasteiger charge is -2.21. The summed E-state index contributed by atoms with van der Waals surface area (Å²) in [7, 11) is 0. The van der Waals surface area contributed by atoms with Gasteiger partial charge in [-0.2, -0.15) is 0 Å². The fourth-order valence-corrected chi connectivity index (χ4v) is 2.06. The molecule has 0 saturated heterocycles. The van der Waals surface area contributed by atoms with Gasteiger partial charge in [-0.3, -0.25) is 4.79 Å². The van der Waals surface area contributed by atoms with Gasteiger partial charge in [-0.15, -0.1) is 0 Å². The number of aryl methyl sites for hydroxylation is 1. The Kier molecular flexibility index (Phi) is 7.19. The molecule has 0 aliphatic heterocycles. The Hall–Kier alpha value is -1.35. The van der Waals surface area contributed by atoms with Crippen molar-refractivity contribution in [3.8, 4) is 0 Å². The van der Waals surface area contributed by atoms with E-state index >= 15 is 0 Å². The highest BCUT2D eigenvalue weighted by Crippen LogP contribution is 2.16. The normalized spacial score (nSPS) is 10.5. The fraction of sp³-hybridized carbons (Fsp3) is 0.562. The molecule has 0 fully saturated rings. The van der Waals surface area contributed by atoms with Gasteiger partial charge < -0.3 is 10.2 Å². The second-order valence-electron chi connectivity index (χ2n) is 4.83. The summed E-state index contributed by atoms with van der Waals surface area (Å²) < 4.78 is 0. The lowest BCUT2D eigenvalue weighted by atomic mass is 10.2. The Labute approximate surface area is 117 Å². The van der Waals surface area contributed by atoms with E-state index < -0.39 is 0 Å². The molecule has 0 heterocycles. The molecule has 0 spiro atoms. The zero-order valence-electron chi connectivity index (χ0n) is 12.4. The van der Waals surface area contributed by atoms with E-state index in [4.69, 9.17) is 0 Å². The average molecular weight is 262 g/mol. The second kappa shape index (κ2) is 8.70. The summed E-state index contributed by atoms with van der Waals surface area (Å²) in [6.07, 6.45) is 2.92. The molecular weight excluding hydrogens is 236 g/mol. The monoisotopic (exact) mass is 262 g/mol. The van der Waals surface area contributed by atoms with Gasteiger partial charge in [0.05, 0.1) is 0 Å². The van der Waals surface area contributed by atoms with Gasteiger partial charge in [-0.25, -0.2) is 0 Å². The number of nitrogens with zero attached hydrogens (tertiary/aromatic N) is 1. The molecule has 0 aliphatic carbocycles. The second-order valence-corrected chi connectivity index (χ2v) is 4.83. The summed E-state index contributed by atoms with van der Waals surface area (Å²) in [6.45, 7) is 8.72. The molecule has 0 atom stereocenters. The lowest BCUT2D eigenvalue weighted by Crippen LogP contribution is -2.33. The van der Waals surface area contributed by atoms with Gasteiger partial charge in [0.25, 0.3) is 0 Å². The zero-order valence-corrected chi connectivity index (χ0v) is 12.4. The number of rotatable bonds is 8. The molecular formula is C16H26N2O. The van der Waals surface area contributed by atoms with Crippen molar-refractivity contribution < 1.29 is 4.79 Å². The van der Waals surface area contributed by atoms with Crippen molar-refractivity contribution in [2.75, 3.05) is 24.5 Å². The number of hydrogen-bond acceptors (Lipinski definition) is 2. The van der Waals surface area contributed by atoms with E-state index in [1.807, 2.05) is 36.9 Å². The number of amides is 1. The van der Waals surface area contributed by atoms with E-state index in [2.05, 4.69) is 18.3 Å². The first kappa shape index (κ1) is 15.7. The first-order valence-corrected chi connectivity index (χ1v) is 7.26. The van der Waals surface area contributed by atoms with E-state index in [9.17, 15) is 4.79 Å². The van der Waals surface area contributed by atoms with Crippen LogP contribution in [0.1, 0.15) is 38.7 Å². The summed E-state index contributed by atoms with van der Waals surface area (Å²) in [5.74, 6) is 0.192. The molecule has 1 amide bonds. The van der Waals surface area contributed by atoms with Crippen LogP contribution in [0.25, 0.3) is 0 Å². The van der Waals surface area contributed by atoms with Crippen LogP contribution in [0.4, 0.5) is 5.69 Å². The number of carbonyl (C=O) groups is 1. The molecule has 0 radical (unpaired) electrons. The average Bonchev–Trinajstić information content (AvgIpc) is 2.39. The maximum absolute atomic E-state index is 12.2. The molecule has 0 aliphatic rings. The number of hydrogen-bond donors (Lipinski definition) is 1. The molecule has 3 nitrogen and oxygen atoms in total. The van der Waals surface area contributed by atoms with E-state index in [1.165, 1.54) is 18.4 Å². The third-order valence-corrected chi connectivity index (χ3v) is 3.15. The molecule has 1 aromatic rings. The van der Waals surface area contributed by atoms with Crippen LogP contribution >= 0.6 is 0 Å². The molecule has 0 saturated carbocycles. The maximum Gasteiger partial charge on any atom is 0.228 e. The molecule has 1 aromatic carbocycles. The largest absolute Gasteiger partial charge is 0.316 e. The van der Waals surface area contributed by atoms with Crippen LogP contribution in [0.15, 0.2) is 24.3 Å². The van der Waals surface area contributed by atoms with Gasteiger partial charge in [0.15, 0.2) is 0 Å². The summed E-state index contributed by atoms with van der Waals surface area (Å²) in [6, 6.07) is 8.11. The Morgan fingerprint density at radius 3 is 2.68 bits per heavy atom. The zero-order chi connectivity index (χ0) is 14.1. The summed E-state index contributed by atoms with van der Waals surface area (Å²) >= 11 is 0. The molecule has 0 unspecified atom stereocenters. The Bertz CT molecular complexity index is 390. The van der Waals surface area contributed by atoms with Crippen LogP contribution in [0.2, 0.25) is 0 Å².